The first-order chi connectivity index (χ1) is 11.8. The first kappa shape index (κ1) is 38.8. The molecule has 14 N–H and O–H groups in total. The van der Waals surface area contributed by atoms with Crippen molar-refractivity contribution >= 4 is 35.0 Å². The number of carbonyl (C=O) groups is 2. The van der Waals surface area contributed by atoms with Crippen LogP contribution in [0.5, 0.6) is 0 Å². The van der Waals surface area contributed by atoms with Gasteiger partial charge in [-0.05, 0) is 0 Å². The van der Waals surface area contributed by atoms with Gasteiger partial charge in [0.25, 0.3) is 0 Å². The summed E-state index contributed by atoms with van der Waals surface area (Å²) in [4.78, 5) is 20.0. The van der Waals surface area contributed by atoms with Gasteiger partial charge in [-0.2, -0.15) is 0 Å². The molecule has 0 rings (SSSR count). The fraction of sp³-hybridized carbons (Fsp3) is 0.833. The molecule has 16 nitrogen and oxygen atoms in total. The van der Waals surface area contributed by atoms with Crippen LogP contribution in [0.4, 0.5) is 0 Å². The Morgan fingerprint density at radius 1 is 0.586 bits per heavy atom. The summed E-state index contributed by atoms with van der Waals surface area (Å²) in [6.07, 6.45) is -16.2. The second kappa shape index (κ2) is 19.2. The van der Waals surface area contributed by atoms with E-state index in [1.165, 1.54) is 0 Å². The van der Waals surface area contributed by atoms with E-state index in [1.54, 1.807) is 0 Å². The van der Waals surface area contributed by atoms with Crippen molar-refractivity contribution in [2.75, 3.05) is 13.2 Å². The SMILES string of the molecule is O.O.O=C([O-])[C@H](O)[C@@H](O)[C@H](O)[C@H](O)CO.O=C([O-])[C@H](O)[C@@H](O)[C@H](O)[C@H](O)CO.[Mg+2]. The average Bonchev–Trinajstić information content (AvgIpc) is 2.62. The predicted molar refractivity (Wildman–Crippen MR) is 85.2 cm³/mol. The molecule has 8 atom stereocenters. The third-order valence-corrected chi connectivity index (χ3v) is 2.99. The van der Waals surface area contributed by atoms with Crippen LogP contribution in [0.25, 0.3) is 0 Å². The molecule has 0 aliphatic heterocycles. The van der Waals surface area contributed by atoms with Gasteiger partial charge in [0.05, 0.1) is 25.2 Å². The van der Waals surface area contributed by atoms with Gasteiger partial charge in [0.15, 0.2) is 0 Å². The zero-order valence-electron chi connectivity index (χ0n) is 14.8. The number of aliphatic hydroxyl groups excluding tert-OH is 10. The summed E-state index contributed by atoms with van der Waals surface area (Å²) in [5.74, 6) is -3.95. The zero-order valence-corrected chi connectivity index (χ0v) is 16.3. The molecule has 0 aromatic carbocycles. The van der Waals surface area contributed by atoms with Crippen LogP contribution in [0.2, 0.25) is 0 Å². The molecule has 0 aromatic heterocycles. The van der Waals surface area contributed by atoms with Crippen molar-refractivity contribution in [1.82, 2.24) is 0 Å². The average molecular weight is 451 g/mol. The molecule has 0 aliphatic carbocycles. The molecule has 0 heterocycles. The minimum Gasteiger partial charge on any atom is -0.547 e. The Labute approximate surface area is 179 Å². The van der Waals surface area contributed by atoms with Crippen molar-refractivity contribution in [2.45, 2.75) is 48.8 Å². The number of hydrogen-bond acceptors (Lipinski definition) is 14. The number of carboxylic acid groups (broad SMARTS) is 2. The summed E-state index contributed by atoms with van der Waals surface area (Å²) < 4.78 is 0. The van der Waals surface area contributed by atoms with E-state index in [0.29, 0.717) is 0 Å². The van der Waals surface area contributed by atoms with Crippen LogP contribution in [0, 0.1) is 0 Å². The number of rotatable bonds is 10. The molecule has 29 heavy (non-hydrogen) atoms. The van der Waals surface area contributed by atoms with Gasteiger partial charge < -0.3 is 81.8 Å². The topological polar surface area (TPSA) is 346 Å². The minimum absolute atomic E-state index is 0. The molecule has 0 spiro atoms. The number of hydrogen-bond donors (Lipinski definition) is 10. The van der Waals surface area contributed by atoms with E-state index in [4.69, 9.17) is 51.1 Å². The number of carbonyl (C=O) groups excluding carboxylic acids is 2. The molecule has 0 aliphatic rings. The molecular weight excluding hydrogens is 424 g/mol. The molecule has 0 bridgehead atoms. The summed E-state index contributed by atoms with van der Waals surface area (Å²) in [6, 6.07) is 0. The van der Waals surface area contributed by atoms with Crippen molar-refractivity contribution < 1.29 is 81.8 Å². The van der Waals surface area contributed by atoms with Crippen LogP contribution < -0.4 is 10.2 Å². The fourth-order valence-electron chi connectivity index (χ4n) is 1.32. The van der Waals surface area contributed by atoms with Crippen LogP contribution in [-0.4, -0.2) is 159 Å². The Hall–Kier alpha value is -0.774. The summed E-state index contributed by atoms with van der Waals surface area (Å²) in [5.41, 5.74) is 0. The molecule has 172 valence electrons. The molecular formula is C12H26MgO16. The summed E-state index contributed by atoms with van der Waals surface area (Å²) in [7, 11) is 0. The van der Waals surface area contributed by atoms with Crippen LogP contribution in [0.15, 0.2) is 0 Å². The van der Waals surface area contributed by atoms with E-state index in [1.807, 2.05) is 0 Å². The second-order valence-electron chi connectivity index (χ2n) is 4.99. The van der Waals surface area contributed by atoms with Crippen LogP contribution in [-0.2, 0) is 9.59 Å². The molecule has 0 fully saturated rings. The second-order valence-corrected chi connectivity index (χ2v) is 4.99. The summed E-state index contributed by atoms with van der Waals surface area (Å²) in [5, 5.41) is 107. The maximum absolute atomic E-state index is 9.98. The van der Waals surface area contributed by atoms with Crippen LogP contribution in [0.3, 0.4) is 0 Å². The third-order valence-electron chi connectivity index (χ3n) is 2.99. The van der Waals surface area contributed by atoms with Crippen molar-refractivity contribution in [3.8, 4) is 0 Å². The Kier molecular flexibility index (Phi) is 25.7. The zero-order chi connectivity index (χ0) is 21.2. The quantitative estimate of drug-likeness (QED) is 0.138. The Bertz CT molecular complexity index is 387. The van der Waals surface area contributed by atoms with E-state index in [-0.39, 0.29) is 34.0 Å². The van der Waals surface area contributed by atoms with Crippen LogP contribution >= 0.6 is 0 Å². The summed E-state index contributed by atoms with van der Waals surface area (Å²) >= 11 is 0. The molecule has 0 aromatic rings. The molecule has 17 heteroatoms. The monoisotopic (exact) mass is 450 g/mol. The first-order valence-electron chi connectivity index (χ1n) is 6.91. The van der Waals surface area contributed by atoms with Crippen molar-refractivity contribution in [3.05, 3.63) is 0 Å². The molecule has 0 radical (unpaired) electrons. The normalized spacial score (nSPS) is 18.3. The maximum atomic E-state index is 9.98. The van der Waals surface area contributed by atoms with Gasteiger partial charge in [-0.3, -0.25) is 0 Å². The minimum atomic E-state index is -2.31. The van der Waals surface area contributed by atoms with E-state index >= 15 is 0 Å². The van der Waals surface area contributed by atoms with E-state index in [2.05, 4.69) is 0 Å². The Morgan fingerprint density at radius 2 is 0.793 bits per heavy atom. The molecule has 0 amide bonds. The molecule has 0 saturated carbocycles. The van der Waals surface area contributed by atoms with Gasteiger partial charge in [-0.1, -0.05) is 0 Å². The summed E-state index contributed by atoms with van der Waals surface area (Å²) in [6.45, 7) is -1.73. The van der Waals surface area contributed by atoms with Crippen LogP contribution in [0.1, 0.15) is 0 Å². The first-order valence-corrected chi connectivity index (χ1v) is 6.91. The predicted octanol–water partition coefficient (Wildman–Crippen LogP) is -11.7. The van der Waals surface area contributed by atoms with E-state index in [0.717, 1.165) is 0 Å². The van der Waals surface area contributed by atoms with Gasteiger partial charge in [-0.25, -0.2) is 0 Å². The Balaban J connectivity index is -0.000000120. The van der Waals surface area contributed by atoms with Gasteiger partial charge in [-0.15, -0.1) is 0 Å². The fourth-order valence-corrected chi connectivity index (χ4v) is 1.32. The van der Waals surface area contributed by atoms with Crippen molar-refractivity contribution in [1.29, 1.82) is 0 Å². The van der Waals surface area contributed by atoms with E-state index < -0.39 is 74.0 Å². The van der Waals surface area contributed by atoms with Crippen molar-refractivity contribution in [2.24, 2.45) is 0 Å². The standard InChI is InChI=1S/2C6H12O7.Mg.2H2O/c2*7-1-2(8)3(9)4(10)5(11)6(12)13;;;/h2*2-5,7-11H,1H2,(H,12,13);;2*1H2/q;;+2;;/p-2/t2*2-,3-,4+,5-;;;/m11.../s1. The van der Waals surface area contributed by atoms with Gasteiger partial charge in [0.2, 0.25) is 0 Å². The number of carboxylic acids is 2. The maximum Gasteiger partial charge on any atom is 2.00 e. The van der Waals surface area contributed by atoms with Gasteiger partial charge in [0.1, 0.15) is 48.8 Å². The van der Waals surface area contributed by atoms with Gasteiger partial charge >= 0.3 is 23.1 Å². The van der Waals surface area contributed by atoms with Crippen molar-refractivity contribution in [3.63, 3.8) is 0 Å². The Morgan fingerprint density at radius 3 is 0.931 bits per heavy atom. The van der Waals surface area contributed by atoms with E-state index in [9.17, 15) is 19.8 Å². The van der Waals surface area contributed by atoms with Gasteiger partial charge in [0, 0.05) is 0 Å². The molecule has 0 saturated heterocycles. The number of aliphatic carboxylic acids is 2. The smallest absolute Gasteiger partial charge is 0.547 e. The largest absolute Gasteiger partial charge is 2.00 e. The third kappa shape index (κ3) is 14.0. The molecule has 0 unspecified atom stereocenters. The number of aliphatic hydroxyl groups is 10.